The Labute approximate surface area is 126 Å². The van der Waals surface area contributed by atoms with Crippen LogP contribution in [0.3, 0.4) is 0 Å². The van der Waals surface area contributed by atoms with Gasteiger partial charge in [-0.1, -0.05) is 41.1 Å². The lowest BCUT2D eigenvalue weighted by Gasteiger charge is -2.17. The smallest absolute Gasteiger partial charge is 0.373 e. The molecule has 0 bridgehead atoms. The molecule has 0 saturated carbocycles. The SMILES string of the molecule is CCNC(c1ccc(C(=O)OC)o1)c1ccccc1Br. The molecule has 0 aliphatic carbocycles. The number of benzene rings is 1. The molecule has 1 aromatic carbocycles. The third-order valence-corrected chi connectivity index (χ3v) is 3.64. The van der Waals surface area contributed by atoms with E-state index >= 15 is 0 Å². The van der Waals surface area contributed by atoms with Crippen molar-refractivity contribution in [1.82, 2.24) is 5.32 Å². The number of hydrogen-bond acceptors (Lipinski definition) is 4. The van der Waals surface area contributed by atoms with Crippen LogP contribution in [0.1, 0.15) is 34.8 Å². The average Bonchev–Trinajstić information content (AvgIpc) is 2.94. The van der Waals surface area contributed by atoms with Crippen molar-refractivity contribution in [2.24, 2.45) is 0 Å². The van der Waals surface area contributed by atoms with Crippen LogP contribution in [0.2, 0.25) is 0 Å². The standard InChI is InChI=1S/C15H16BrNO3/c1-3-17-14(10-6-4-5-7-11(10)16)12-8-9-13(20-12)15(18)19-2/h4-9,14,17H,3H2,1-2H3. The second kappa shape index (κ2) is 6.72. The summed E-state index contributed by atoms with van der Waals surface area (Å²) >= 11 is 3.54. The van der Waals surface area contributed by atoms with Gasteiger partial charge in [0.25, 0.3) is 0 Å². The van der Waals surface area contributed by atoms with Gasteiger partial charge >= 0.3 is 5.97 Å². The number of ether oxygens (including phenoxy) is 1. The summed E-state index contributed by atoms with van der Waals surface area (Å²) in [5, 5.41) is 3.35. The van der Waals surface area contributed by atoms with Crippen molar-refractivity contribution in [3.05, 3.63) is 58.0 Å². The first-order valence-corrected chi connectivity index (χ1v) is 7.12. The molecule has 1 N–H and O–H groups in total. The van der Waals surface area contributed by atoms with Crippen LogP contribution in [-0.4, -0.2) is 19.6 Å². The van der Waals surface area contributed by atoms with E-state index in [4.69, 9.17) is 4.42 Å². The van der Waals surface area contributed by atoms with Crippen LogP contribution in [0.4, 0.5) is 0 Å². The number of carbonyl (C=O) groups excluding carboxylic acids is 1. The van der Waals surface area contributed by atoms with E-state index in [9.17, 15) is 4.79 Å². The molecule has 2 rings (SSSR count). The van der Waals surface area contributed by atoms with E-state index < -0.39 is 5.97 Å². The van der Waals surface area contributed by atoms with Crippen LogP contribution in [0, 0.1) is 0 Å². The molecule has 0 amide bonds. The molecule has 20 heavy (non-hydrogen) atoms. The van der Waals surface area contributed by atoms with Gasteiger partial charge in [0, 0.05) is 4.47 Å². The molecule has 0 fully saturated rings. The predicted octanol–water partition coefficient (Wildman–Crippen LogP) is 3.53. The second-order valence-electron chi connectivity index (χ2n) is 4.21. The molecule has 0 radical (unpaired) electrons. The molecule has 0 aliphatic rings. The highest BCUT2D eigenvalue weighted by Gasteiger charge is 2.21. The summed E-state index contributed by atoms with van der Waals surface area (Å²) in [6, 6.07) is 11.2. The quantitative estimate of drug-likeness (QED) is 0.848. The number of carbonyl (C=O) groups is 1. The normalized spacial score (nSPS) is 12.2. The first-order chi connectivity index (χ1) is 9.67. The summed E-state index contributed by atoms with van der Waals surface area (Å²) < 4.78 is 11.2. The lowest BCUT2D eigenvalue weighted by molar-refractivity contribution is 0.0562. The lowest BCUT2D eigenvalue weighted by atomic mass is 10.0. The molecular weight excluding hydrogens is 322 g/mol. The molecule has 5 heteroatoms. The van der Waals surface area contributed by atoms with E-state index in [-0.39, 0.29) is 11.8 Å². The fourth-order valence-electron chi connectivity index (χ4n) is 2.00. The highest BCUT2D eigenvalue weighted by Crippen LogP contribution is 2.29. The van der Waals surface area contributed by atoms with Gasteiger partial charge in [-0.3, -0.25) is 0 Å². The number of halogens is 1. The van der Waals surface area contributed by atoms with Gasteiger partial charge < -0.3 is 14.5 Å². The highest BCUT2D eigenvalue weighted by molar-refractivity contribution is 9.10. The van der Waals surface area contributed by atoms with Crippen molar-refractivity contribution >= 4 is 21.9 Å². The first kappa shape index (κ1) is 14.8. The topological polar surface area (TPSA) is 51.5 Å². The first-order valence-electron chi connectivity index (χ1n) is 6.33. The molecule has 1 heterocycles. The molecule has 1 aromatic heterocycles. The summed E-state index contributed by atoms with van der Waals surface area (Å²) in [6.07, 6.45) is 0. The predicted molar refractivity (Wildman–Crippen MR) is 79.7 cm³/mol. The van der Waals surface area contributed by atoms with Crippen LogP contribution in [0.5, 0.6) is 0 Å². The van der Waals surface area contributed by atoms with Gasteiger partial charge in [0.2, 0.25) is 5.76 Å². The highest BCUT2D eigenvalue weighted by atomic mass is 79.9. The molecular formula is C15H16BrNO3. The molecule has 1 unspecified atom stereocenters. The molecule has 4 nitrogen and oxygen atoms in total. The van der Waals surface area contributed by atoms with Gasteiger partial charge in [0.15, 0.2) is 0 Å². The van der Waals surface area contributed by atoms with Crippen molar-refractivity contribution in [1.29, 1.82) is 0 Å². The third-order valence-electron chi connectivity index (χ3n) is 2.92. The molecule has 106 valence electrons. The zero-order valence-corrected chi connectivity index (χ0v) is 12.9. The maximum absolute atomic E-state index is 11.5. The minimum absolute atomic E-state index is 0.117. The maximum atomic E-state index is 11.5. The third kappa shape index (κ3) is 3.11. The molecule has 0 aliphatic heterocycles. The van der Waals surface area contributed by atoms with E-state index in [1.165, 1.54) is 7.11 Å². The van der Waals surface area contributed by atoms with Crippen molar-refractivity contribution in [3.8, 4) is 0 Å². The Hall–Kier alpha value is -1.59. The van der Waals surface area contributed by atoms with Crippen LogP contribution in [-0.2, 0) is 4.74 Å². The minimum Gasteiger partial charge on any atom is -0.463 e. The number of esters is 1. The summed E-state index contributed by atoms with van der Waals surface area (Å²) in [6.45, 7) is 2.80. The second-order valence-corrected chi connectivity index (χ2v) is 5.06. The number of furan rings is 1. The zero-order valence-electron chi connectivity index (χ0n) is 11.4. The Kier molecular flexibility index (Phi) is 4.98. The van der Waals surface area contributed by atoms with Gasteiger partial charge in [-0.05, 0) is 30.3 Å². The van der Waals surface area contributed by atoms with Gasteiger partial charge in [-0.2, -0.15) is 0 Å². The van der Waals surface area contributed by atoms with Gasteiger partial charge in [-0.15, -0.1) is 0 Å². The number of nitrogens with one attached hydrogen (secondary N) is 1. The average molecular weight is 338 g/mol. The Morgan fingerprint density at radius 3 is 2.75 bits per heavy atom. The van der Waals surface area contributed by atoms with E-state index in [1.807, 2.05) is 31.2 Å². The van der Waals surface area contributed by atoms with E-state index in [2.05, 4.69) is 26.0 Å². The van der Waals surface area contributed by atoms with Crippen molar-refractivity contribution < 1.29 is 13.9 Å². The summed E-state index contributed by atoms with van der Waals surface area (Å²) in [7, 11) is 1.33. The molecule has 0 saturated heterocycles. The number of rotatable bonds is 5. The lowest BCUT2D eigenvalue weighted by Crippen LogP contribution is -2.21. The Bertz CT molecular complexity index is 594. The minimum atomic E-state index is -0.473. The monoisotopic (exact) mass is 337 g/mol. The van der Waals surface area contributed by atoms with Crippen LogP contribution >= 0.6 is 15.9 Å². The van der Waals surface area contributed by atoms with E-state index in [0.717, 1.165) is 16.6 Å². The van der Waals surface area contributed by atoms with Crippen molar-refractivity contribution in [3.63, 3.8) is 0 Å². The van der Waals surface area contributed by atoms with Crippen LogP contribution in [0.15, 0.2) is 45.3 Å². The number of hydrogen-bond donors (Lipinski definition) is 1. The summed E-state index contributed by atoms with van der Waals surface area (Å²) in [5.74, 6) is 0.412. The molecule has 1 atom stereocenters. The fraction of sp³-hybridized carbons (Fsp3) is 0.267. The zero-order chi connectivity index (χ0) is 14.5. The Morgan fingerprint density at radius 1 is 1.35 bits per heavy atom. The van der Waals surface area contributed by atoms with Crippen LogP contribution < -0.4 is 5.32 Å². The van der Waals surface area contributed by atoms with Gasteiger partial charge in [-0.25, -0.2) is 4.79 Å². The fourth-order valence-corrected chi connectivity index (χ4v) is 2.51. The molecule has 2 aromatic rings. The number of methoxy groups -OCH3 is 1. The van der Waals surface area contributed by atoms with Crippen molar-refractivity contribution in [2.45, 2.75) is 13.0 Å². The van der Waals surface area contributed by atoms with E-state index in [0.29, 0.717) is 5.76 Å². The largest absolute Gasteiger partial charge is 0.463 e. The summed E-state index contributed by atoms with van der Waals surface area (Å²) in [5.41, 5.74) is 1.06. The van der Waals surface area contributed by atoms with Crippen molar-refractivity contribution in [2.75, 3.05) is 13.7 Å². The van der Waals surface area contributed by atoms with E-state index in [1.54, 1.807) is 12.1 Å². The Balaban J connectivity index is 2.36. The Morgan fingerprint density at radius 2 is 2.10 bits per heavy atom. The van der Waals surface area contributed by atoms with Gasteiger partial charge in [0.1, 0.15) is 5.76 Å². The maximum Gasteiger partial charge on any atom is 0.373 e. The van der Waals surface area contributed by atoms with Crippen LogP contribution in [0.25, 0.3) is 0 Å². The van der Waals surface area contributed by atoms with Gasteiger partial charge in [0.05, 0.1) is 13.2 Å². The molecule has 0 spiro atoms. The summed E-state index contributed by atoms with van der Waals surface area (Å²) in [4.78, 5) is 11.5.